The van der Waals surface area contributed by atoms with Gasteiger partial charge in [-0.3, -0.25) is 4.79 Å². The molecule has 4 heteroatoms. The van der Waals surface area contributed by atoms with Gasteiger partial charge in [0, 0.05) is 12.0 Å². The zero-order valence-electron chi connectivity index (χ0n) is 19.8. The number of carbonyl (C=O) groups excluding carboxylic acids is 2. The fourth-order valence-electron chi connectivity index (χ4n) is 4.24. The molecule has 0 saturated carbocycles. The largest absolute Gasteiger partial charge is 0.508 e. The second kappa shape index (κ2) is 8.99. The Morgan fingerprint density at radius 1 is 0.750 bits per heavy atom. The Hall–Kier alpha value is -3.40. The Kier molecular flexibility index (Phi) is 6.54. The molecule has 0 amide bonds. The number of carbonyl (C=O) groups is 2. The average Bonchev–Trinajstić information content (AvgIpc) is 2.74. The lowest BCUT2D eigenvalue weighted by atomic mass is 9.88. The summed E-state index contributed by atoms with van der Waals surface area (Å²) in [6.07, 6.45) is 0.325. The molecule has 0 bridgehead atoms. The number of hydrogen-bond donors (Lipinski definition) is 1. The highest BCUT2D eigenvalue weighted by Gasteiger charge is 2.24. The summed E-state index contributed by atoms with van der Waals surface area (Å²) in [5, 5.41) is 10.0. The number of phenolic OH excluding ortho intramolecular Hbond substituents is 1. The third-order valence-electron chi connectivity index (χ3n) is 6.51. The molecule has 0 heterocycles. The van der Waals surface area contributed by atoms with E-state index >= 15 is 0 Å². The van der Waals surface area contributed by atoms with E-state index < -0.39 is 5.97 Å². The van der Waals surface area contributed by atoms with Crippen molar-refractivity contribution in [2.45, 2.75) is 54.9 Å². The van der Waals surface area contributed by atoms with Crippen molar-refractivity contribution in [3.8, 4) is 11.5 Å². The number of aryl methyl sites for hydroxylation is 1. The molecule has 0 atom stereocenters. The molecule has 0 unspecified atom stereocenters. The predicted octanol–water partition coefficient (Wildman–Crippen LogP) is 6.20. The Bertz CT molecular complexity index is 1190. The van der Waals surface area contributed by atoms with E-state index in [4.69, 9.17) is 4.74 Å². The second-order valence-corrected chi connectivity index (χ2v) is 8.52. The van der Waals surface area contributed by atoms with Gasteiger partial charge in [0.05, 0.1) is 5.56 Å². The van der Waals surface area contributed by atoms with Crippen LogP contribution in [-0.2, 0) is 6.42 Å². The van der Waals surface area contributed by atoms with Gasteiger partial charge in [-0.05, 0) is 99.0 Å². The van der Waals surface area contributed by atoms with Crippen LogP contribution in [0.25, 0.3) is 0 Å². The third kappa shape index (κ3) is 4.18. The fraction of sp³-hybridized carbons (Fsp3) is 0.286. The first kappa shape index (κ1) is 23.3. The molecule has 0 aliphatic heterocycles. The molecule has 3 aromatic rings. The number of phenols is 1. The molecule has 4 nitrogen and oxygen atoms in total. The minimum absolute atomic E-state index is 0.0520. The maximum Gasteiger partial charge on any atom is 0.344 e. The minimum atomic E-state index is -0.462. The average molecular weight is 431 g/mol. The topological polar surface area (TPSA) is 63.6 Å². The van der Waals surface area contributed by atoms with E-state index in [-0.39, 0.29) is 11.5 Å². The van der Waals surface area contributed by atoms with Crippen molar-refractivity contribution in [1.29, 1.82) is 0 Å². The van der Waals surface area contributed by atoms with E-state index in [9.17, 15) is 14.7 Å². The van der Waals surface area contributed by atoms with Gasteiger partial charge in [-0.2, -0.15) is 0 Å². The van der Waals surface area contributed by atoms with E-state index in [0.29, 0.717) is 40.0 Å². The van der Waals surface area contributed by atoms with Gasteiger partial charge in [-0.25, -0.2) is 4.79 Å². The van der Waals surface area contributed by atoms with Crippen LogP contribution in [0.15, 0.2) is 36.4 Å². The number of Topliss-reactive ketones (excluding diaryl/α,β-unsaturated/α-hetero) is 1. The first-order chi connectivity index (χ1) is 15.0. The molecule has 0 aromatic heterocycles. The molecular formula is C28H30O4. The fourth-order valence-corrected chi connectivity index (χ4v) is 4.24. The highest BCUT2D eigenvalue weighted by molar-refractivity contribution is 6.01. The molecule has 3 rings (SSSR count). The Morgan fingerprint density at radius 2 is 1.28 bits per heavy atom. The van der Waals surface area contributed by atoms with Gasteiger partial charge in [0.15, 0.2) is 5.78 Å². The van der Waals surface area contributed by atoms with E-state index in [1.807, 2.05) is 58.0 Å². The molecular weight excluding hydrogens is 400 g/mol. The van der Waals surface area contributed by atoms with Crippen molar-refractivity contribution in [2.24, 2.45) is 0 Å². The zero-order chi connectivity index (χ0) is 23.7. The maximum absolute atomic E-state index is 13.1. The van der Waals surface area contributed by atoms with Gasteiger partial charge in [-0.15, -0.1) is 0 Å². The van der Waals surface area contributed by atoms with E-state index in [0.717, 1.165) is 27.8 Å². The van der Waals surface area contributed by atoms with Crippen molar-refractivity contribution in [3.05, 3.63) is 92.0 Å². The quantitative estimate of drug-likeness (QED) is 0.298. The number of ketones is 1. The number of ether oxygens (including phenoxy) is 1. The van der Waals surface area contributed by atoms with Crippen LogP contribution < -0.4 is 4.74 Å². The smallest absolute Gasteiger partial charge is 0.344 e. The third-order valence-corrected chi connectivity index (χ3v) is 6.51. The van der Waals surface area contributed by atoms with Crippen LogP contribution in [0.1, 0.15) is 65.2 Å². The van der Waals surface area contributed by atoms with Crippen LogP contribution in [0.5, 0.6) is 11.5 Å². The van der Waals surface area contributed by atoms with Gasteiger partial charge in [0.25, 0.3) is 0 Å². The van der Waals surface area contributed by atoms with Gasteiger partial charge in [0.2, 0.25) is 0 Å². The van der Waals surface area contributed by atoms with Gasteiger partial charge >= 0.3 is 5.97 Å². The summed E-state index contributed by atoms with van der Waals surface area (Å²) in [5.74, 6) is 0.246. The molecule has 32 heavy (non-hydrogen) atoms. The molecule has 0 radical (unpaired) electrons. The van der Waals surface area contributed by atoms with Crippen LogP contribution >= 0.6 is 0 Å². The number of rotatable bonds is 5. The number of benzene rings is 3. The summed E-state index contributed by atoms with van der Waals surface area (Å²) >= 11 is 0. The van der Waals surface area contributed by atoms with E-state index in [2.05, 4.69) is 0 Å². The first-order valence-corrected chi connectivity index (χ1v) is 10.7. The Morgan fingerprint density at radius 3 is 1.84 bits per heavy atom. The standard InChI is InChI=1S/C28H30O4/c1-15-13-23(29)16(2)17(3)25(15)28(31)32-27-20(6)18(4)26(19(5)21(27)7)24(30)14-22-11-9-8-10-12-22/h8-13,29H,14H2,1-7H3. The van der Waals surface area contributed by atoms with Crippen molar-refractivity contribution in [3.63, 3.8) is 0 Å². The normalized spacial score (nSPS) is 10.8. The Labute approximate surface area is 189 Å². The van der Waals surface area contributed by atoms with Gasteiger partial charge in [0.1, 0.15) is 11.5 Å². The van der Waals surface area contributed by atoms with Crippen molar-refractivity contribution < 1.29 is 19.4 Å². The van der Waals surface area contributed by atoms with Crippen LogP contribution in [0, 0.1) is 48.5 Å². The lowest BCUT2D eigenvalue weighted by Gasteiger charge is -2.20. The minimum Gasteiger partial charge on any atom is -0.508 e. The SMILES string of the molecule is Cc1cc(O)c(C)c(C)c1C(=O)Oc1c(C)c(C)c(C(=O)Cc2ccccc2)c(C)c1C. The number of esters is 1. The van der Waals surface area contributed by atoms with Crippen molar-refractivity contribution in [1.82, 2.24) is 0 Å². The summed E-state index contributed by atoms with van der Waals surface area (Å²) in [6, 6.07) is 11.3. The number of hydrogen-bond acceptors (Lipinski definition) is 4. The zero-order valence-corrected chi connectivity index (χ0v) is 19.8. The highest BCUT2D eigenvalue weighted by Crippen LogP contribution is 2.35. The van der Waals surface area contributed by atoms with Crippen LogP contribution in [0.3, 0.4) is 0 Å². The molecule has 3 aromatic carbocycles. The molecule has 0 fully saturated rings. The maximum atomic E-state index is 13.1. The number of aromatic hydroxyl groups is 1. The molecule has 0 aliphatic rings. The van der Waals surface area contributed by atoms with Gasteiger partial charge in [-0.1, -0.05) is 30.3 Å². The Balaban J connectivity index is 2.01. The van der Waals surface area contributed by atoms with Crippen molar-refractivity contribution in [2.75, 3.05) is 0 Å². The molecule has 0 aliphatic carbocycles. The molecule has 0 spiro atoms. The first-order valence-electron chi connectivity index (χ1n) is 10.7. The van der Waals surface area contributed by atoms with Crippen LogP contribution in [0.2, 0.25) is 0 Å². The second-order valence-electron chi connectivity index (χ2n) is 8.52. The van der Waals surface area contributed by atoms with Gasteiger partial charge < -0.3 is 9.84 Å². The molecule has 1 N–H and O–H groups in total. The van der Waals surface area contributed by atoms with Crippen LogP contribution in [-0.4, -0.2) is 16.9 Å². The van der Waals surface area contributed by atoms with E-state index in [1.165, 1.54) is 0 Å². The summed E-state index contributed by atoms with van der Waals surface area (Å²) in [6.45, 7) is 12.9. The lowest BCUT2D eigenvalue weighted by Crippen LogP contribution is -2.17. The lowest BCUT2D eigenvalue weighted by molar-refractivity contribution is 0.0730. The summed E-state index contributed by atoms with van der Waals surface area (Å²) in [4.78, 5) is 26.3. The summed E-state index contributed by atoms with van der Waals surface area (Å²) in [7, 11) is 0. The predicted molar refractivity (Wildman–Crippen MR) is 127 cm³/mol. The summed E-state index contributed by atoms with van der Waals surface area (Å²) < 4.78 is 5.90. The van der Waals surface area contributed by atoms with E-state index in [1.54, 1.807) is 26.8 Å². The highest BCUT2D eigenvalue weighted by atomic mass is 16.5. The summed E-state index contributed by atoms with van der Waals surface area (Å²) in [5.41, 5.74) is 7.35. The monoisotopic (exact) mass is 430 g/mol. The van der Waals surface area contributed by atoms with Crippen molar-refractivity contribution >= 4 is 11.8 Å². The molecule has 166 valence electrons. The molecule has 0 saturated heterocycles. The van der Waals surface area contributed by atoms with Crippen LogP contribution in [0.4, 0.5) is 0 Å².